The summed E-state index contributed by atoms with van der Waals surface area (Å²) in [4.78, 5) is 23.4. The molecule has 0 amide bonds. The Labute approximate surface area is 137 Å². The largest absolute Gasteiger partial charge is 0.463 e. The van der Waals surface area contributed by atoms with E-state index in [9.17, 15) is 19.8 Å². The minimum absolute atomic E-state index is 0.0417. The molecule has 0 aromatic heterocycles. The second-order valence-corrected chi connectivity index (χ2v) is 5.77. The van der Waals surface area contributed by atoms with Gasteiger partial charge < -0.3 is 14.9 Å². The van der Waals surface area contributed by atoms with Crippen molar-refractivity contribution in [2.24, 2.45) is 5.92 Å². The minimum atomic E-state index is -2.59. The maximum Gasteiger partial charge on any atom is 0.348 e. The maximum atomic E-state index is 12.1. The van der Waals surface area contributed by atoms with Gasteiger partial charge in [0.15, 0.2) is 6.29 Å². The van der Waals surface area contributed by atoms with Crippen molar-refractivity contribution in [3.63, 3.8) is 0 Å². The molecule has 23 heavy (non-hydrogen) atoms. The van der Waals surface area contributed by atoms with E-state index in [0.717, 1.165) is 25.7 Å². The van der Waals surface area contributed by atoms with Crippen molar-refractivity contribution in [2.75, 3.05) is 6.61 Å². The van der Waals surface area contributed by atoms with Crippen LogP contribution >= 0.6 is 0 Å². The maximum absolute atomic E-state index is 12.1. The Balaban J connectivity index is 2.75. The molecule has 0 heterocycles. The number of rotatable bonds is 10. The van der Waals surface area contributed by atoms with Gasteiger partial charge in [0.05, 0.1) is 6.61 Å². The number of unbranched alkanes of at least 4 members (excludes halogenated alkanes) is 1. The van der Waals surface area contributed by atoms with Crippen molar-refractivity contribution in [2.45, 2.75) is 51.2 Å². The van der Waals surface area contributed by atoms with E-state index in [0.29, 0.717) is 0 Å². The fraction of sp³-hybridized carbons (Fsp3) is 0.556. The Morgan fingerprint density at radius 1 is 1.30 bits per heavy atom. The minimum Gasteiger partial charge on any atom is -0.463 e. The van der Waals surface area contributed by atoms with Gasteiger partial charge in [0.1, 0.15) is 6.10 Å². The number of hydrogen-bond donors (Lipinski definition) is 2. The first-order valence-electron chi connectivity index (χ1n) is 8.08. The zero-order valence-electron chi connectivity index (χ0n) is 13.8. The van der Waals surface area contributed by atoms with Gasteiger partial charge in [0.2, 0.25) is 5.60 Å². The number of aliphatic hydroxyl groups is 2. The van der Waals surface area contributed by atoms with Gasteiger partial charge in [0, 0.05) is 0 Å². The van der Waals surface area contributed by atoms with Gasteiger partial charge in [0.25, 0.3) is 0 Å². The fourth-order valence-electron chi connectivity index (χ4n) is 2.32. The van der Waals surface area contributed by atoms with E-state index >= 15 is 0 Å². The van der Waals surface area contributed by atoms with Crippen LogP contribution in [0.15, 0.2) is 30.3 Å². The van der Waals surface area contributed by atoms with E-state index in [1.54, 1.807) is 18.2 Å². The van der Waals surface area contributed by atoms with E-state index in [1.165, 1.54) is 12.1 Å². The zero-order valence-corrected chi connectivity index (χ0v) is 13.8. The topological polar surface area (TPSA) is 83.8 Å². The summed E-state index contributed by atoms with van der Waals surface area (Å²) in [6.07, 6.45) is 2.22. The third-order valence-electron chi connectivity index (χ3n) is 4.03. The fourth-order valence-corrected chi connectivity index (χ4v) is 2.32. The van der Waals surface area contributed by atoms with E-state index < -0.39 is 17.7 Å². The number of aliphatic hydroxyl groups excluding tert-OH is 1. The van der Waals surface area contributed by atoms with Crippen LogP contribution in [0.3, 0.4) is 0 Å². The Kier molecular flexibility index (Phi) is 7.92. The molecule has 0 aliphatic rings. The van der Waals surface area contributed by atoms with Crippen LogP contribution in [0.5, 0.6) is 0 Å². The van der Waals surface area contributed by atoms with E-state index in [1.807, 2.05) is 6.92 Å². The quantitative estimate of drug-likeness (QED) is 0.392. The number of carbonyl (C=O) groups excluding carboxylic acids is 2. The summed E-state index contributed by atoms with van der Waals surface area (Å²) in [7, 11) is 0. The molecule has 2 N–H and O–H groups in total. The van der Waals surface area contributed by atoms with Gasteiger partial charge >= 0.3 is 5.97 Å². The lowest BCUT2D eigenvalue weighted by atomic mass is 9.92. The molecule has 0 fully saturated rings. The summed E-state index contributed by atoms with van der Waals surface area (Å²) in [5, 5.41) is 20.5. The van der Waals surface area contributed by atoms with Crippen LogP contribution < -0.4 is 0 Å². The molecular formula is C18H26O5. The molecule has 1 aromatic carbocycles. The monoisotopic (exact) mass is 322 g/mol. The molecule has 0 aliphatic heterocycles. The van der Waals surface area contributed by atoms with E-state index in [4.69, 9.17) is 4.74 Å². The van der Waals surface area contributed by atoms with Crippen LogP contribution in [0, 0.1) is 5.92 Å². The lowest BCUT2D eigenvalue weighted by Crippen LogP contribution is -2.47. The summed E-state index contributed by atoms with van der Waals surface area (Å²) in [6.45, 7) is 4.21. The first kappa shape index (κ1) is 19.3. The Hall–Kier alpha value is -1.72. The lowest BCUT2D eigenvalue weighted by molar-refractivity contribution is -0.179. The van der Waals surface area contributed by atoms with Crippen LogP contribution in [0.4, 0.5) is 0 Å². The first-order chi connectivity index (χ1) is 11.0. The molecular weight excluding hydrogens is 296 g/mol. The van der Waals surface area contributed by atoms with Crippen molar-refractivity contribution in [1.29, 1.82) is 0 Å². The van der Waals surface area contributed by atoms with Crippen molar-refractivity contribution >= 4 is 12.3 Å². The summed E-state index contributed by atoms with van der Waals surface area (Å²) >= 11 is 0. The highest BCUT2D eigenvalue weighted by molar-refractivity contribution is 5.97. The number of ether oxygens (including phenoxy) is 1. The van der Waals surface area contributed by atoms with Gasteiger partial charge in [-0.05, 0) is 17.9 Å². The normalized spacial score (nSPS) is 16.2. The van der Waals surface area contributed by atoms with Gasteiger partial charge in [-0.15, -0.1) is 0 Å². The van der Waals surface area contributed by atoms with Crippen molar-refractivity contribution in [3.05, 3.63) is 35.9 Å². The molecule has 5 heteroatoms. The highest BCUT2D eigenvalue weighted by Gasteiger charge is 2.46. The molecule has 3 atom stereocenters. The van der Waals surface area contributed by atoms with Crippen LogP contribution in [-0.2, 0) is 14.3 Å². The van der Waals surface area contributed by atoms with Crippen molar-refractivity contribution in [1.82, 2.24) is 0 Å². The smallest absolute Gasteiger partial charge is 0.348 e. The molecule has 1 aromatic rings. The van der Waals surface area contributed by atoms with Crippen LogP contribution in [0.2, 0.25) is 0 Å². The first-order valence-corrected chi connectivity index (χ1v) is 8.08. The highest BCUT2D eigenvalue weighted by atomic mass is 16.6. The average molecular weight is 322 g/mol. The zero-order chi connectivity index (χ0) is 17.3. The number of benzene rings is 1. The Morgan fingerprint density at radius 3 is 2.48 bits per heavy atom. The summed E-state index contributed by atoms with van der Waals surface area (Å²) < 4.78 is 5.11. The Bertz CT molecular complexity index is 487. The second kappa shape index (κ2) is 9.43. The molecule has 0 saturated heterocycles. The number of carbonyl (C=O) groups is 2. The average Bonchev–Trinajstić information content (AvgIpc) is 2.61. The molecule has 5 nitrogen and oxygen atoms in total. The van der Waals surface area contributed by atoms with Gasteiger partial charge in [-0.1, -0.05) is 63.4 Å². The van der Waals surface area contributed by atoms with Crippen LogP contribution in [-0.4, -0.2) is 34.7 Å². The molecule has 0 saturated carbocycles. The van der Waals surface area contributed by atoms with E-state index in [-0.39, 0.29) is 24.4 Å². The van der Waals surface area contributed by atoms with Crippen molar-refractivity contribution in [3.8, 4) is 0 Å². The molecule has 1 rings (SSSR count). The van der Waals surface area contributed by atoms with E-state index in [2.05, 4.69) is 6.92 Å². The van der Waals surface area contributed by atoms with Crippen LogP contribution in [0.1, 0.15) is 51.2 Å². The number of hydrogen-bond acceptors (Lipinski definition) is 5. The molecule has 0 radical (unpaired) electrons. The summed E-state index contributed by atoms with van der Waals surface area (Å²) in [5.74, 6) is -0.928. The molecule has 0 spiro atoms. The van der Waals surface area contributed by atoms with Crippen LogP contribution in [0.25, 0.3) is 0 Å². The Morgan fingerprint density at radius 2 is 1.96 bits per heavy atom. The van der Waals surface area contributed by atoms with Crippen molar-refractivity contribution < 1.29 is 24.5 Å². The standard InChI is InChI=1S/C18H26O5/c1-3-5-9-14(4-2)12-23-17(21)18(22,13-19)16(20)15-10-7-6-8-11-15/h6-8,10-11,13-14,16,20,22H,3-5,9,12H2,1-2H3. The molecule has 0 bridgehead atoms. The second-order valence-electron chi connectivity index (χ2n) is 5.77. The van der Waals surface area contributed by atoms with Gasteiger partial charge in [-0.3, -0.25) is 4.79 Å². The van der Waals surface area contributed by atoms with Gasteiger partial charge in [-0.25, -0.2) is 4.79 Å². The SMILES string of the molecule is CCCCC(CC)COC(=O)C(O)(C=O)C(O)c1ccccc1. The number of aldehydes is 1. The third-order valence-corrected chi connectivity index (χ3v) is 4.03. The predicted molar refractivity (Wildman–Crippen MR) is 86.7 cm³/mol. The highest BCUT2D eigenvalue weighted by Crippen LogP contribution is 2.26. The summed E-state index contributed by atoms with van der Waals surface area (Å²) in [5.41, 5.74) is -2.32. The predicted octanol–water partition coefficient (Wildman–Crippen LogP) is 2.41. The summed E-state index contributed by atoms with van der Waals surface area (Å²) in [6, 6.07) is 8.08. The van der Waals surface area contributed by atoms with Gasteiger partial charge in [-0.2, -0.15) is 0 Å². The lowest BCUT2D eigenvalue weighted by Gasteiger charge is -2.26. The molecule has 3 unspecified atom stereocenters. The molecule has 128 valence electrons. The third kappa shape index (κ3) is 5.15. The number of esters is 1. The molecule has 0 aliphatic carbocycles.